The van der Waals surface area contributed by atoms with Crippen LogP contribution in [-0.4, -0.2) is 35.5 Å². The number of hydrogen-bond donors (Lipinski definition) is 2. The van der Waals surface area contributed by atoms with Crippen LogP contribution < -0.4 is 0 Å². The first kappa shape index (κ1) is 22.1. The molecule has 4 nitrogen and oxygen atoms in total. The first-order valence-corrected chi connectivity index (χ1v) is 9.30. The van der Waals surface area contributed by atoms with Gasteiger partial charge in [0.25, 0.3) is 0 Å². The zero-order chi connectivity index (χ0) is 17.2. The van der Waals surface area contributed by atoms with Crippen molar-refractivity contribution in [3.63, 3.8) is 0 Å². The van der Waals surface area contributed by atoms with Crippen molar-refractivity contribution in [1.29, 1.82) is 0 Å². The Labute approximate surface area is 141 Å². The van der Waals surface area contributed by atoms with Gasteiger partial charge in [0.1, 0.15) is 12.7 Å². The number of aliphatic hydroxyl groups excluding tert-OH is 2. The SMILES string of the molecule is CCCCC/C=C\CCCCCCCCC(=O)OCC(O)CO. The Balaban J connectivity index is 3.22. The summed E-state index contributed by atoms with van der Waals surface area (Å²) in [6.45, 7) is 1.75. The maximum absolute atomic E-state index is 11.3. The molecule has 2 N–H and O–H groups in total. The molecule has 23 heavy (non-hydrogen) atoms. The van der Waals surface area contributed by atoms with Crippen molar-refractivity contribution in [3.05, 3.63) is 12.2 Å². The second kappa shape index (κ2) is 17.5. The number of aliphatic hydroxyl groups is 2. The highest BCUT2D eigenvalue weighted by Crippen LogP contribution is 2.10. The van der Waals surface area contributed by atoms with Gasteiger partial charge in [-0.3, -0.25) is 4.79 Å². The second-order valence-corrected chi connectivity index (χ2v) is 6.15. The van der Waals surface area contributed by atoms with Crippen LogP contribution >= 0.6 is 0 Å². The Morgan fingerprint density at radius 1 is 0.957 bits per heavy atom. The Kier molecular flexibility index (Phi) is 16.8. The van der Waals surface area contributed by atoms with Crippen LogP contribution in [0.15, 0.2) is 12.2 Å². The summed E-state index contributed by atoms with van der Waals surface area (Å²) in [6.07, 6.45) is 17.2. The monoisotopic (exact) mass is 328 g/mol. The molecule has 1 atom stereocenters. The fourth-order valence-electron chi connectivity index (χ4n) is 2.30. The predicted molar refractivity (Wildman–Crippen MR) is 94.3 cm³/mol. The summed E-state index contributed by atoms with van der Waals surface area (Å²) in [4.78, 5) is 11.3. The Bertz CT molecular complexity index is 289. The van der Waals surface area contributed by atoms with Crippen LogP contribution in [0.4, 0.5) is 0 Å². The van der Waals surface area contributed by atoms with Crippen LogP contribution in [-0.2, 0) is 9.53 Å². The Morgan fingerprint density at radius 3 is 2.13 bits per heavy atom. The van der Waals surface area contributed by atoms with E-state index in [9.17, 15) is 4.79 Å². The van der Waals surface area contributed by atoms with E-state index < -0.39 is 6.10 Å². The van der Waals surface area contributed by atoms with Crippen molar-refractivity contribution in [2.45, 2.75) is 90.1 Å². The summed E-state index contributed by atoms with van der Waals surface area (Å²) in [5.41, 5.74) is 0. The highest BCUT2D eigenvalue weighted by atomic mass is 16.5. The van der Waals surface area contributed by atoms with Crippen molar-refractivity contribution in [1.82, 2.24) is 0 Å². The van der Waals surface area contributed by atoms with Gasteiger partial charge in [0, 0.05) is 6.42 Å². The summed E-state index contributed by atoms with van der Waals surface area (Å²) in [6, 6.07) is 0. The molecule has 0 fully saturated rings. The van der Waals surface area contributed by atoms with E-state index in [4.69, 9.17) is 14.9 Å². The van der Waals surface area contributed by atoms with Crippen LogP contribution in [0.2, 0.25) is 0 Å². The number of carbonyl (C=O) groups excluding carboxylic acids is 1. The number of ether oxygens (including phenoxy) is 1. The number of rotatable bonds is 16. The quantitative estimate of drug-likeness (QED) is 0.254. The number of carbonyl (C=O) groups is 1. The average molecular weight is 328 g/mol. The van der Waals surface area contributed by atoms with Gasteiger partial charge in [-0.2, -0.15) is 0 Å². The molecule has 0 aromatic carbocycles. The minimum absolute atomic E-state index is 0.110. The molecule has 0 radical (unpaired) electrons. The van der Waals surface area contributed by atoms with Crippen molar-refractivity contribution in [2.75, 3.05) is 13.2 Å². The van der Waals surface area contributed by atoms with Gasteiger partial charge in [-0.1, -0.05) is 57.6 Å². The molecule has 0 aromatic rings. The number of esters is 1. The molecule has 0 saturated carbocycles. The van der Waals surface area contributed by atoms with Crippen LogP contribution in [0.5, 0.6) is 0 Å². The topological polar surface area (TPSA) is 66.8 Å². The molecule has 0 aliphatic rings. The zero-order valence-electron chi connectivity index (χ0n) is 14.8. The normalized spacial score (nSPS) is 12.7. The fourth-order valence-corrected chi connectivity index (χ4v) is 2.30. The standard InChI is InChI=1S/C19H36O4/c1-2-3-4-5-6-7-8-9-10-11-12-13-14-15-19(22)23-17-18(21)16-20/h6-7,18,20-21H,2-5,8-17H2,1H3/b7-6-. The van der Waals surface area contributed by atoms with Gasteiger partial charge in [-0.25, -0.2) is 0 Å². The predicted octanol–water partition coefficient (Wildman–Crippen LogP) is 4.14. The molecule has 4 heteroatoms. The maximum atomic E-state index is 11.3. The lowest BCUT2D eigenvalue weighted by Gasteiger charge is -2.08. The van der Waals surface area contributed by atoms with Gasteiger partial charge in [-0.15, -0.1) is 0 Å². The molecular formula is C19H36O4. The molecule has 0 heterocycles. The first-order chi connectivity index (χ1) is 11.2. The van der Waals surface area contributed by atoms with Crippen molar-refractivity contribution in [2.24, 2.45) is 0 Å². The van der Waals surface area contributed by atoms with Gasteiger partial charge in [-0.05, 0) is 32.1 Å². The summed E-state index contributed by atoms with van der Waals surface area (Å²) < 4.78 is 4.85. The molecule has 0 bridgehead atoms. The third kappa shape index (κ3) is 17.3. The van der Waals surface area contributed by atoms with Crippen LogP contribution in [0.3, 0.4) is 0 Å². The van der Waals surface area contributed by atoms with Gasteiger partial charge in [0.15, 0.2) is 0 Å². The molecule has 0 aliphatic heterocycles. The summed E-state index contributed by atoms with van der Waals surface area (Å²) in [7, 11) is 0. The van der Waals surface area contributed by atoms with Crippen LogP contribution in [0.25, 0.3) is 0 Å². The molecule has 0 amide bonds. The Hall–Kier alpha value is -0.870. The minimum atomic E-state index is -0.959. The lowest BCUT2D eigenvalue weighted by Crippen LogP contribution is -2.21. The van der Waals surface area contributed by atoms with Gasteiger partial charge in [0.05, 0.1) is 6.61 Å². The van der Waals surface area contributed by atoms with E-state index in [1.807, 2.05) is 0 Å². The van der Waals surface area contributed by atoms with Crippen LogP contribution in [0, 0.1) is 0 Å². The first-order valence-electron chi connectivity index (χ1n) is 9.30. The zero-order valence-corrected chi connectivity index (χ0v) is 14.8. The van der Waals surface area contributed by atoms with E-state index in [2.05, 4.69) is 19.1 Å². The molecule has 1 unspecified atom stereocenters. The van der Waals surface area contributed by atoms with E-state index in [0.29, 0.717) is 6.42 Å². The summed E-state index contributed by atoms with van der Waals surface area (Å²) in [5, 5.41) is 17.7. The van der Waals surface area contributed by atoms with Gasteiger partial charge < -0.3 is 14.9 Å². The fraction of sp³-hybridized carbons (Fsp3) is 0.842. The lowest BCUT2D eigenvalue weighted by atomic mass is 10.1. The molecule has 0 rings (SSSR count). The lowest BCUT2D eigenvalue weighted by molar-refractivity contribution is -0.147. The maximum Gasteiger partial charge on any atom is 0.305 e. The van der Waals surface area contributed by atoms with Crippen molar-refractivity contribution < 1.29 is 19.7 Å². The second-order valence-electron chi connectivity index (χ2n) is 6.15. The molecule has 0 aliphatic carbocycles. The van der Waals surface area contributed by atoms with E-state index >= 15 is 0 Å². The summed E-state index contributed by atoms with van der Waals surface area (Å²) in [5.74, 6) is -0.286. The molecule has 0 spiro atoms. The van der Waals surface area contributed by atoms with Gasteiger partial charge >= 0.3 is 5.97 Å². The number of allylic oxidation sites excluding steroid dienone is 2. The van der Waals surface area contributed by atoms with Gasteiger partial charge in [0.2, 0.25) is 0 Å². The smallest absolute Gasteiger partial charge is 0.305 e. The minimum Gasteiger partial charge on any atom is -0.463 e. The van der Waals surface area contributed by atoms with Crippen molar-refractivity contribution in [3.8, 4) is 0 Å². The third-order valence-corrected chi connectivity index (χ3v) is 3.79. The highest BCUT2D eigenvalue weighted by Gasteiger charge is 2.07. The average Bonchev–Trinajstić information content (AvgIpc) is 2.56. The van der Waals surface area contributed by atoms with E-state index in [-0.39, 0.29) is 19.2 Å². The molecular weight excluding hydrogens is 292 g/mol. The molecule has 0 aromatic heterocycles. The number of unbranched alkanes of at least 4 members (excludes halogenated alkanes) is 9. The van der Waals surface area contributed by atoms with Crippen LogP contribution in [0.1, 0.15) is 84.0 Å². The molecule has 0 saturated heterocycles. The van der Waals surface area contributed by atoms with E-state index in [1.165, 1.54) is 51.4 Å². The molecule has 136 valence electrons. The Morgan fingerprint density at radius 2 is 1.52 bits per heavy atom. The summed E-state index contributed by atoms with van der Waals surface area (Å²) >= 11 is 0. The van der Waals surface area contributed by atoms with E-state index in [0.717, 1.165) is 19.3 Å². The van der Waals surface area contributed by atoms with E-state index in [1.54, 1.807) is 0 Å². The third-order valence-electron chi connectivity index (χ3n) is 3.79. The van der Waals surface area contributed by atoms with Crippen molar-refractivity contribution >= 4 is 5.97 Å². The highest BCUT2D eigenvalue weighted by molar-refractivity contribution is 5.69. The number of hydrogen-bond acceptors (Lipinski definition) is 4. The largest absolute Gasteiger partial charge is 0.463 e.